The Labute approximate surface area is 220 Å². The first-order chi connectivity index (χ1) is 17.3. The van der Waals surface area contributed by atoms with Crippen LogP contribution in [0.15, 0.2) is 78.5 Å². The predicted molar refractivity (Wildman–Crippen MR) is 135 cm³/mol. The number of rotatable bonds is 7. The third kappa shape index (κ3) is 10.4. The van der Waals surface area contributed by atoms with Crippen molar-refractivity contribution >= 4 is 47.1 Å². The predicted octanol–water partition coefficient (Wildman–Crippen LogP) is 5.97. The molecule has 0 aliphatic heterocycles. The summed E-state index contributed by atoms with van der Waals surface area (Å²) in [5.41, 5.74) is 5.26. The quantitative estimate of drug-likeness (QED) is 0.313. The minimum absolute atomic E-state index is 0.0695. The molecule has 0 aromatic heterocycles. The van der Waals surface area contributed by atoms with Gasteiger partial charge in [-0.15, -0.1) is 0 Å². The summed E-state index contributed by atoms with van der Waals surface area (Å²) in [6.07, 6.45) is -2.72. The van der Waals surface area contributed by atoms with Gasteiger partial charge in [-0.25, -0.2) is 0 Å². The van der Waals surface area contributed by atoms with Gasteiger partial charge in [0.25, 0.3) is 11.8 Å². The number of nitrogens with one attached hydrogen (secondary N) is 1. The van der Waals surface area contributed by atoms with Crippen LogP contribution in [0.5, 0.6) is 0 Å². The molecular formula is C26H21Cl2F3N2O4. The van der Waals surface area contributed by atoms with E-state index in [9.17, 15) is 27.6 Å². The van der Waals surface area contributed by atoms with Crippen LogP contribution in [-0.2, 0) is 22.2 Å². The second kappa shape index (κ2) is 13.5. The highest BCUT2D eigenvalue weighted by Crippen LogP contribution is 2.29. The van der Waals surface area contributed by atoms with E-state index in [-0.39, 0.29) is 23.2 Å². The monoisotopic (exact) mass is 552 g/mol. The van der Waals surface area contributed by atoms with Gasteiger partial charge in [0.15, 0.2) is 0 Å². The number of hydrogen-bond donors (Lipinski definition) is 3. The Hall–Kier alpha value is -3.82. The van der Waals surface area contributed by atoms with E-state index < -0.39 is 29.5 Å². The number of aryl methyl sites for hydroxylation is 1. The van der Waals surface area contributed by atoms with Gasteiger partial charge in [0.1, 0.15) is 5.70 Å². The van der Waals surface area contributed by atoms with Crippen LogP contribution in [0.3, 0.4) is 0 Å². The van der Waals surface area contributed by atoms with Crippen LogP contribution in [-0.4, -0.2) is 22.9 Å². The SMILES string of the molecule is NC(=O)/C(=C\c1cccc(C(F)(F)F)c1)NC(=O)c1ccc(Cl)cc1.O=C(O)CCc1ccc(Cl)cc1. The molecule has 0 saturated carbocycles. The van der Waals surface area contributed by atoms with Crippen molar-refractivity contribution < 1.29 is 32.7 Å². The Morgan fingerprint density at radius 2 is 1.49 bits per heavy atom. The lowest BCUT2D eigenvalue weighted by atomic mass is 10.1. The fourth-order valence-corrected chi connectivity index (χ4v) is 3.09. The summed E-state index contributed by atoms with van der Waals surface area (Å²) in [4.78, 5) is 33.8. The molecule has 3 rings (SSSR count). The zero-order valence-electron chi connectivity index (χ0n) is 19.1. The van der Waals surface area contributed by atoms with Gasteiger partial charge in [-0.05, 0) is 72.2 Å². The highest BCUT2D eigenvalue weighted by molar-refractivity contribution is 6.30. The molecule has 0 aliphatic carbocycles. The molecule has 0 saturated heterocycles. The molecule has 0 fully saturated rings. The molecule has 0 radical (unpaired) electrons. The van der Waals surface area contributed by atoms with E-state index in [2.05, 4.69) is 5.32 Å². The van der Waals surface area contributed by atoms with Crippen molar-refractivity contribution in [3.63, 3.8) is 0 Å². The number of benzene rings is 3. The molecule has 0 atom stereocenters. The van der Waals surface area contributed by atoms with Crippen molar-refractivity contribution in [3.05, 3.63) is 111 Å². The number of nitrogens with two attached hydrogens (primary N) is 1. The standard InChI is InChI=1S/C17H12ClF3N2O2.C9H9ClO2/c18-13-6-4-11(5-7-13)16(25)23-14(15(22)24)9-10-2-1-3-12(8-10)17(19,20)21;10-8-4-1-7(2-5-8)3-6-9(11)12/h1-9H,(H2,22,24)(H,23,25);1-2,4-5H,3,6H2,(H,11,12)/b14-9+;. The van der Waals surface area contributed by atoms with Gasteiger partial charge in [0, 0.05) is 22.0 Å². The average Bonchev–Trinajstić information content (AvgIpc) is 2.83. The number of hydrogen-bond acceptors (Lipinski definition) is 3. The minimum atomic E-state index is -4.52. The van der Waals surface area contributed by atoms with Crippen LogP contribution in [0.25, 0.3) is 6.08 Å². The van der Waals surface area contributed by atoms with Gasteiger partial charge < -0.3 is 16.2 Å². The number of carbonyl (C=O) groups excluding carboxylic acids is 2. The van der Waals surface area contributed by atoms with E-state index in [4.69, 9.17) is 34.0 Å². The summed E-state index contributed by atoms with van der Waals surface area (Å²) >= 11 is 11.4. The molecule has 6 nitrogen and oxygen atoms in total. The molecule has 0 aliphatic rings. The second-order valence-corrected chi connectivity index (χ2v) is 8.40. The summed E-state index contributed by atoms with van der Waals surface area (Å²) in [5.74, 6) is -2.40. The topological polar surface area (TPSA) is 109 Å². The van der Waals surface area contributed by atoms with Crippen molar-refractivity contribution in [2.45, 2.75) is 19.0 Å². The first kappa shape index (κ1) is 29.4. The lowest BCUT2D eigenvalue weighted by Gasteiger charge is -2.09. The van der Waals surface area contributed by atoms with Crippen molar-refractivity contribution in [1.82, 2.24) is 5.32 Å². The fraction of sp³-hybridized carbons (Fsp3) is 0.115. The molecular weight excluding hydrogens is 532 g/mol. The van der Waals surface area contributed by atoms with Gasteiger partial charge in [-0.2, -0.15) is 13.2 Å². The maximum Gasteiger partial charge on any atom is 0.416 e. The van der Waals surface area contributed by atoms with Crippen molar-refractivity contribution in [3.8, 4) is 0 Å². The van der Waals surface area contributed by atoms with Gasteiger partial charge >= 0.3 is 12.1 Å². The summed E-state index contributed by atoms with van der Waals surface area (Å²) < 4.78 is 38.2. The molecule has 37 heavy (non-hydrogen) atoms. The summed E-state index contributed by atoms with van der Waals surface area (Å²) in [6.45, 7) is 0. The molecule has 0 heterocycles. The molecule has 0 bridgehead atoms. The molecule has 2 amide bonds. The first-order valence-corrected chi connectivity index (χ1v) is 11.3. The Kier molecular flexibility index (Phi) is 10.7. The van der Waals surface area contributed by atoms with E-state index in [0.717, 1.165) is 23.8 Å². The number of aliphatic carboxylic acids is 1. The normalized spacial score (nSPS) is 11.2. The number of primary amides is 1. The van der Waals surface area contributed by atoms with E-state index in [1.54, 1.807) is 12.1 Å². The maximum atomic E-state index is 12.7. The van der Waals surface area contributed by atoms with E-state index in [1.165, 1.54) is 36.4 Å². The molecule has 4 N–H and O–H groups in total. The van der Waals surface area contributed by atoms with Gasteiger partial charge in [0.2, 0.25) is 0 Å². The Bertz CT molecular complexity index is 1280. The van der Waals surface area contributed by atoms with Crippen molar-refractivity contribution in [2.75, 3.05) is 0 Å². The van der Waals surface area contributed by atoms with Crippen molar-refractivity contribution in [1.29, 1.82) is 0 Å². The van der Waals surface area contributed by atoms with Crippen LogP contribution in [0.4, 0.5) is 13.2 Å². The zero-order valence-corrected chi connectivity index (χ0v) is 20.6. The minimum Gasteiger partial charge on any atom is -0.481 e. The van der Waals surface area contributed by atoms with E-state index in [1.807, 2.05) is 12.1 Å². The number of carboxylic acids is 1. The van der Waals surface area contributed by atoms with Crippen LogP contribution >= 0.6 is 23.2 Å². The number of halogens is 5. The Balaban J connectivity index is 0.000000335. The van der Waals surface area contributed by atoms with E-state index in [0.29, 0.717) is 16.5 Å². The lowest BCUT2D eigenvalue weighted by molar-refractivity contribution is -0.138. The summed E-state index contributed by atoms with van der Waals surface area (Å²) in [6, 6.07) is 17.3. The van der Waals surface area contributed by atoms with Crippen LogP contribution < -0.4 is 11.1 Å². The smallest absolute Gasteiger partial charge is 0.416 e. The van der Waals surface area contributed by atoms with Gasteiger partial charge in [-0.1, -0.05) is 47.5 Å². The third-order valence-corrected chi connectivity index (χ3v) is 5.19. The highest BCUT2D eigenvalue weighted by Gasteiger charge is 2.30. The Morgan fingerprint density at radius 1 is 0.919 bits per heavy atom. The third-order valence-electron chi connectivity index (χ3n) is 4.69. The molecule has 0 spiro atoms. The largest absolute Gasteiger partial charge is 0.481 e. The summed E-state index contributed by atoms with van der Waals surface area (Å²) in [7, 11) is 0. The lowest BCUT2D eigenvalue weighted by Crippen LogP contribution is -2.31. The van der Waals surface area contributed by atoms with Crippen molar-refractivity contribution in [2.24, 2.45) is 5.73 Å². The maximum absolute atomic E-state index is 12.7. The fourth-order valence-electron chi connectivity index (χ4n) is 2.84. The van der Waals surface area contributed by atoms with Gasteiger partial charge in [0.05, 0.1) is 5.56 Å². The average molecular weight is 553 g/mol. The molecule has 0 unspecified atom stereocenters. The highest BCUT2D eigenvalue weighted by atomic mass is 35.5. The second-order valence-electron chi connectivity index (χ2n) is 7.53. The summed E-state index contributed by atoms with van der Waals surface area (Å²) in [5, 5.41) is 11.8. The van der Waals surface area contributed by atoms with E-state index >= 15 is 0 Å². The van der Waals surface area contributed by atoms with Crippen LogP contribution in [0.1, 0.15) is 33.5 Å². The number of amides is 2. The number of carboxylic acid groups (broad SMARTS) is 1. The first-order valence-electron chi connectivity index (χ1n) is 10.6. The van der Waals surface area contributed by atoms with Gasteiger partial charge in [-0.3, -0.25) is 14.4 Å². The zero-order chi connectivity index (χ0) is 27.6. The Morgan fingerprint density at radius 3 is 2.00 bits per heavy atom. The molecule has 194 valence electrons. The molecule has 3 aromatic rings. The number of alkyl halides is 3. The molecule has 11 heteroatoms. The molecule has 3 aromatic carbocycles. The number of carbonyl (C=O) groups is 3. The van der Waals surface area contributed by atoms with Crippen LogP contribution in [0, 0.1) is 0 Å². The van der Waals surface area contributed by atoms with Crippen LogP contribution in [0.2, 0.25) is 10.0 Å².